The molecule has 0 unspecified atom stereocenters. The predicted octanol–water partition coefficient (Wildman–Crippen LogP) is 1.93. The lowest BCUT2D eigenvalue weighted by molar-refractivity contribution is 1.74. The molecular formula is C5H7ClSi. The van der Waals surface area contributed by atoms with Gasteiger partial charge in [-0.05, 0) is 6.92 Å². The van der Waals surface area contributed by atoms with Crippen molar-refractivity contribution in [2.45, 2.75) is 6.92 Å². The third-order valence-electron chi connectivity index (χ3n) is 0.376. The molecule has 0 amide bonds. The van der Waals surface area contributed by atoms with E-state index in [0.717, 1.165) is 0 Å². The van der Waals surface area contributed by atoms with Crippen molar-refractivity contribution in [3.63, 3.8) is 0 Å². The van der Waals surface area contributed by atoms with E-state index in [1.54, 1.807) is 6.08 Å². The minimum Gasteiger partial charge on any atom is -0.0930 e. The van der Waals surface area contributed by atoms with E-state index in [4.69, 9.17) is 11.6 Å². The van der Waals surface area contributed by atoms with Crippen molar-refractivity contribution in [3.8, 4) is 0 Å². The second kappa shape index (κ2) is 9.37. The highest BCUT2D eigenvalue weighted by Gasteiger charge is 1.50. The monoisotopic (exact) mass is 130 g/mol. The zero-order valence-electron chi connectivity index (χ0n) is 4.19. The van der Waals surface area contributed by atoms with Gasteiger partial charge in [0.05, 0.1) is 0 Å². The molecule has 0 aromatic rings. The molecule has 7 heavy (non-hydrogen) atoms. The highest BCUT2D eigenvalue weighted by Crippen LogP contribution is 1.77. The van der Waals surface area contributed by atoms with E-state index in [1.165, 1.54) is 5.54 Å². The van der Waals surface area contributed by atoms with Crippen molar-refractivity contribution in [1.29, 1.82) is 0 Å². The van der Waals surface area contributed by atoms with Crippen molar-refractivity contribution in [3.05, 3.63) is 23.8 Å². The van der Waals surface area contributed by atoms with Crippen LogP contribution in [0.1, 0.15) is 6.92 Å². The zero-order chi connectivity index (χ0) is 4.83. The summed E-state index contributed by atoms with van der Waals surface area (Å²) in [4.78, 5) is 0. The third kappa shape index (κ3) is 10.7. The molecule has 0 aliphatic carbocycles. The van der Waals surface area contributed by atoms with Gasteiger partial charge in [0.15, 0.2) is 0 Å². The molecule has 0 rings (SSSR count). The van der Waals surface area contributed by atoms with Crippen LogP contribution in [0, 0.1) is 0 Å². The van der Waals surface area contributed by atoms with Gasteiger partial charge in [-0.1, -0.05) is 29.8 Å². The molecule has 0 saturated heterocycles. The Kier molecular flexibility index (Phi) is 13.5. The maximum atomic E-state index is 5.15. The lowest BCUT2D eigenvalue weighted by Crippen LogP contribution is -1.37. The Morgan fingerprint density at radius 2 is 1.86 bits per heavy atom. The average Bonchev–Trinajstić information content (AvgIpc) is 1.61. The first-order valence-corrected chi connectivity index (χ1v) is 2.23. The minimum atomic E-state index is 0. The molecule has 0 aliphatic rings. The third-order valence-corrected chi connectivity index (χ3v) is 0.522. The Bertz CT molecular complexity index is 56.5. The van der Waals surface area contributed by atoms with Gasteiger partial charge in [-0.15, -0.1) is 0 Å². The summed E-state index contributed by atoms with van der Waals surface area (Å²) in [7, 11) is 0. The number of halogens is 1. The summed E-state index contributed by atoms with van der Waals surface area (Å²) < 4.78 is 0. The number of allylic oxidation sites excluding steroid dienone is 3. The van der Waals surface area contributed by atoms with Crippen molar-refractivity contribution in [1.82, 2.24) is 0 Å². The smallest absolute Gasteiger partial charge is 0.00423 e. The summed E-state index contributed by atoms with van der Waals surface area (Å²) in [6, 6.07) is 0. The van der Waals surface area contributed by atoms with Crippen LogP contribution < -0.4 is 0 Å². The average molecular weight is 131 g/mol. The van der Waals surface area contributed by atoms with Crippen LogP contribution in [0.3, 0.4) is 0 Å². The highest BCUT2D eigenvalue weighted by molar-refractivity contribution is 6.25. The van der Waals surface area contributed by atoms with Gasteiger partial charge in [-0.3, -0.25) is 0 Å². The quantitative estimate of drug-likeness (QED) is 0.376. The molecular weight excluding hydrogens is 124 g/mol. The number of rotatable bonds is 1. The molecule has 38 valence electrons. The Hall–Kier alpha value is -0.0131. The summed E-state index contributed by atoms with van der Waals surface area (Å²) in [6.07, 6.45) is 5.55. The molecule has 0 fully saturated rings. The molecule has 0 spiro atoms. The Morgan fingerprint density at radius 3 is 2.00 bits per heavy atom. The largest absolute Gasteiger partial charge is 0.0930 e. The molecule has 0 nitrogen and oxygen atoms in total. The second-order valence-electron chi connectivity index (χ2n) is 0.844. The normalized spacial score (nSPS) is 10.0. The Labute approximate surface area is 53.9 Å². The van der Waals surface area contributed by atoms with Crippen molar-refractivity contribution in [2.24, 2.45) is 0 Å². The minimum absolute atomic E-state index is 0. The summed E-state index contributed by atoms with van der Waals surface area (Å²) >= 11 is 5.15. The molecule has 0 atom stereocenters. The van der Waals surface area contributed by atoms with Gasteiger partial charge in [-0.2, -0.15) is 0 Å². The topological polar surface area (TPSA) is 0 Å². The first-order valence-electron chi connectivity index (χ1n) is 1.80. The first kappa shape index (κ1) is 10.1. The van der Waals surface area contributed by atoms with Crippen LogP contribution >= 0.6 is 11.6 Å². The number of hydrogen-bond donors (Lipinski definition) is 0. The standard InChI is InChI=1S/C5H7Cl.Si/c1-2-3-4-5-6;/h2-5H,1H3;. The summed E-state index contributed by atoms with van der Waals surface area (Å²) in [6.45, 7) is 1.94. The summed E-state index contributed by atoms with van der Waals surface area (Å²) in [5.74, 6) is 0. The second-order valence-corrected chi connectivity index (χ2v) is 1.10. The SMILES string of the molecule is CC=CC=CCl.[Si]. The lowest BCUT2D eigenvalue weighted by Gasteiger charge is -1.61. The van der Waals surface area contributed by atoms with Crippen LogP contribution in [0.5, 0.6) is 0 Å². The fourth-order valence-electron chi connectivity index (χ4n) is 0.153. The van der Waals surface area contributed by atoms with Crippen LogP contribution in [0.2, 0.25) is 0 Å². The van der Waals surface area contributed by atoms with E-state index < -0.39 is 0 Å². The van der Waals surface area contributed by atoms with Gasteiger partial charge in [0.2, 0.25) is 0 Å². The Morgan fingerprint density at radius 1 is 1.29 bits per heavy atom. The van der Waals surface area contributed by atoms with Gasteiger partial charge >= 0.3 is 0 Å². The molecule has 4 radical (unpaired) electrons. The maximum Gasteiger partial charge on any atom is 0.00423 e. The van der Waals surface area contributed by atoms with Gasteiger partial charge in [-0.25, -0.2) is 0 Å². The van der Waals surface area contributed by atoms with E-state index in [1.807, 2.05) is 19.1 Å². The van der Waals surface area contributed by atoms with E-state index in [-0.39, 0.29) is 11.0 Å². The van der Waals surface area contributed by atoms with Gasteiger partial charge in [0.25, 0.3) is 0 Å². The summed E-state index contributed by atoms with van der Waals surface area (Å²) in [5.41, 5.74) is 1.47. The predicted molar refractivity (Wildman–Crippen MR) is 35.6 cm³/mol. The van der Waals surface area contributed by atoms with E-state index >= 15 is 0 Å². The van der Waals surface area contributed by atoms with E-state index in [9.17, 15) is 0 Å². The molecule has 0 saturated carbocycles. The van der Waals surface area contributed by atoms with Crippen molar-refractivity contribution < 1.29 is 0 Å². The fraction of sp³-hybridized carbons (Fsp3) is 0.200. The lowest BCUT2D eigenvalue weighted by atomic mass is 10.5. The molecule has 0 heterocycles. The first-order chi connectivity index (χ1) is 2.91. The van der Waals surface area contributed by atoms with Gasteiger partial charge < -0.3 is 0 Å². The van der Waals surface area contributed by atoms with Crippen LogP contribution in [-0.4, -0.2) is 11.0 Å². The Balaban J connectivity index is 0. The van der Waals surface area contributed by atoms with Gasteiger partial charge in [0, 0.05) is 16.5 Å². The molecule has 0 aromatic heterocycles. The highest BCUT2D eigenvalue weighted by atomic mass is 35.5. The maximum absolute atomic E-state index is 5.15. The molecule has 0 aromatic carbocycles. The van der Waals surface area contributed by atoms with Crippen molar-refractivity contribution >= 4 is 22.6 Å². The van der Waals surface area contributed by atoms with Crippen molar-refractivity contribution in [2.75, 3.05) is 0 Å². The molecule has 0 N–H and O–H groups in total. The zero-order valence-corrected chi connectivity index (χ0v) is 5.94. The van der Waals surface area contributed by atoms with Crippen LogP contribution in [0.4, 0.5) is 0 Å². The van der Waals surface area contributed by atoms with Crippen LogP contribution in [0.25, 0.3) is 0 Å². The van der Waals surface area contributed by atoms with E-state index in [0.29, 0.717) is 0 Å². The number of hydrogen-bond acceptors (Lipinski definition) is 0. The molecule has 2 heteroatoms. The molecule has 0 aliphatic heterocycles. The van der Waals surface area contributed by atoms with Crippen LogP contribution in [-0.2, 0) is 0 Å². The summed E-state index contributed by atoms with van der Waals surface area (Å²) in [5, 5.41) is 0. The fourth-order valence-corrected chi connectivity index (χ4v) is 0.237. The van der Waals surface area contributed by atoms with E-state index in [2.05, 4.69) is 0 Å². The van der Waals surface area contributed by atoms with Crippen LogP contribution in [0.15, 0.2) is 23.8 Å². The molecule has 0 bridgehead atoms. The van der Waals surface area contributed by atoms with Gasteiger partial charge in [0.1, 0.15) is 0 Å².